The first-order chi connectivity index (χ1) is 8.68. The molecule has 0 aliphatic carbocycles. The van der Waals surface area contributed by atoms with Crippen LogP contribution in [0.2, 0.25) is 0 Å². The number of anilines is 1. The van der Waals surface area contributed by atoms with E-state index in [0.29, 0.717) is 5.69 Å². The highest BCUT2D eigenvalue weighted by Gasteiger charge is 2.16. The smallest absolute Gasteiger partial charge is 0.245 e. The van der Waals surface area contributed by atoms with Gasteiger partial charge >= 0.3 is 0 Å². The van der Waals surface area contributed by atoms with E-state index in [9.17, 15) is 4.79 Å². The molecule has 1 atom stereocenters. The summed E-state index contributed by atoms with van der Waals surface area (Å²) in [7, 11) is 0. The lowest BCUT2D eigenvalue weighted by Crippen LogP contribution is -2.28. The van der Waals surface area contributed by atoms with E-state index in [1.165, 1.54) is 0 Å². The average Bonchev–Trinajstić information content (AvgIpc) is 2.41. The van der Waals surface area contributed by atoms with E-state index < -0.39 is 6.04 Å². The highest BCUT2D eigenvalue weighted by Crippen LogP contribution is 2.15. The summed E-state index contributed by atoms with van der Waals surface area (Å²) in [5, 5.41) is 2.78. The molecule has 1 heterocycles. The molecule has 4 nitrogen and oxygen atoms in total. The fourth-order valence-corrected chi connectivity index (χ4v) is 1.64. The third-order valence-electron chi connectivity index (χ3n) is 2.71. The first-order valence-corrected chi connectivity index (χ1v) is 5.71. The van der Waals surface area contributed by atoms with Crippen LogP contribution in [0.3, 0.4) is 0 Å². The molecule has 0 saturated heterocycles. The largest absolute Gasteiger partial charge is 0.323 e. The van der Waals surface area contributed by atoms with Crippen LogP contribution in [0.15, 0.2) is 48.7 Å². The summed E-state index contributed by atoms with van der Waals surface area (Å²) >= 11 is 0. The minimum atomic E-state index is -0.675. The van der Waals surface area contributed by atoms with Gasteiger partial charge in [0.25, 0.3) is 0 Å². The lowest BCUT2D eigenvalue weighted by atomic mass is 10.1. The van der Waals surface area contributed by atoms with Crippen LogP contribution in [0.4, 0.5) is 5.69 Å². The molecule has 0 bridgehead atoms. The van der Waals surface area contributed by atoms with Crippen molar-refractivity contribution in [2.24, 2.45) is 5.73 Å². The number of benzene rings is 1. The van der Waals surface area contributed by atoms with Gasteiger partial charge in [0.2, 0.25) is 5.91 Å². The predicted molar refractivity (Wildman–Crippen MR) is 71.0 cm³/mol. The number of pyridine rings is 1. The third kappa shape index (κ3) is 2.73. The Morgan fingerprint density at radius 2 is 1.94 bits per heavy atom. The van der Waals surface area contributed by atoms with Crippen LogP contribution in [0, 0.1) is 6.92 Å². The van der Waals surface area contributed by atoms with Crippen LogP contribution >= 0.6 is 0 Å². The Balaban J connectivity index is 2.12. The summed E-state index contributed by atoms with van der Waals surface area (Å²) in [6.45, 7) is 1.84. The van der Waals surface area contributed by atoms with Gasteiger partial charge in [-0.3, -0.25) is 9.78 Å². The second-order valence-electron chi connectivity index (χ2n) is 4.01. The summed E-state index contributed by atoms with van der Waals surface area (Å²) in [5.41, 5.74) is 8.15. The maximum atomic E-state index is 12.0. The Labute approximate surface area is 106 Å². The number of rotatable bonds is 3. The molecule has 0 fully saturated rings. The molecule has 3 N–H and O–H groups in total. The van der Waals surface area contributed by atoms with E-state index in [0.717, 1.165) is 11.3 Å². The average molecular weight is 241 g/mol. The van der Waals surface area contributed by atoms with Crippen LogP contribution in [0.5, 0.6) is 0 Å². The summed E-state index contributed by atoms with van der Waals surface area (Å²) in [6, 6.07) is 12.2. The van der Waals surface area contributed by atoms with E-state index >= 15 is 0 Å². The molecule has 2 aromatic rings. The molecule has 0 aliphatic heterocycles. The molecule has 1 amide bonds. The Morgan fingerprint density at radius 1 is 1.22 bits per heavy atom. The number of nitrogens with two attached hydrogens (primary N) is 1. The van der Waals surface area contributed by atoms with Crippen LogP contribution in [-0.4, -0.2) is 10.9 Å². The third-order valence-corrected chi connectivity index (χ3v) is 2.71. The van der Waals surface area contributed by atoms with Crippen LogP contribution in [-0.2, 0) is 4.79 Å². The molecule has 1 aromatic heterocycles. The zero-order valence-corrected chi connectivity index (χ0v) is 10.1. The van der Waals surface area contributed by atoms with E-state index in [4.69, 9.17) is 5.73 Å². The number of hydrogen-bond acceptors (Lipinski definition) is 3. The van der Waals surface area contributed by atoms with Gasteiger partial charge in [-0.1, -0.05) is 30.3 Å². The van der Waals surface area contributed by atoms with E-state index in [-0.39, 0.29) is 5.91 Å². The summed E-state index contributed by atoms with van der Waals surface area (Å²) in [4.78, 5) is 16.1. The maximum Gasteiger partial charge on any atom is 0.245 e. The number of hydrogen-bond donors (Lipinski definition) is 2. The van der Waals surface area contributed by atoms with Crippen molar-refractivity contribution in [2.45, 2.75) is 13.0 Å². The fraction of sp³-hybridized carbons (Fsp3) is 0.143. The van der Waals surface area contributed by atoms with Crippen molar-refractivity contribution in [3.8, 4) is 0 Å². The first kappa shape index (κ1) is 12.3. The van der Waals surface area contributed by atoms with Crippen molar-refractivity contribution in [1.29, 1.82) is 0 Å². The van der Waals surface area contributed by atoms with Crippen LogP contribution < -0.4 is 11.1 Å². The highest BCUT2D eigenvalue weighted by atomic mass is 16.2. The molecular formula is C14H15N3O. The Bertz CT molecular complexity index is 540. The number of aryl methyl sites for hydroxylation is 1. The Morgan fingerprint density at radius 3 is 2.61 bits per heavy atom. The molecule has 4 heteroatoms. The molecule has 18 heavy (non-hydrogen) atoms. The van der Waals surface area contributed by atoms with Crippen LogP contribution in [0.1, 0.15) is 17.3 Å². The number of carbonyl (C=O) groups excluding carboxylic acids is 1. The standard InChI is InChI=1S/C14H15N3O/c1-10-12(8-5-9-16-10)17-14(18)13(15)11-6-3-2-4-7-11/h2-9,13H,15H2,1H3,(H,17,18)/t13-/m0/s1. The van der Waals surface area contributed by atoms with Crippen molar-refractivity contribution in [2.75, 3.05) is 5.32 Å². The van der Waals surface area contributed by atoms with Gasteiger partial charge in [-0.15, -0.1) is 0 Å². The van der Waals surface area contributed by atoms with Gasteiger partial charge < -0.3 is 11.1 Å². The normalized spacial score (nSPS) is 11.9. The Hall–Kier alpha value is -2.20. The monoisotopic (exact) mass is 241 g/mol. The molecule has 92 valence electrons. The second kappa shape index (κ2) is 5.42. The van der Waals surface area contributed by atoms with Gasteiger partial charge in [0.05, 0.1) is 11.4 Å². The molecule has 0 radical (unpaired) electrons. The van der Waals surface area contributed by atoms with Gasteiger partial charge in [0, 0.05) is 6.20 Å². The Kier molecular flexibility index (Phi) is 3.69. The molecule has 1 aromatic carbocycles. The van der Waals surface area contributed by atoms with Gasteiger partial charge in [-0.2, -0.15) is 0 Å². The molecule has 0 unspecified atom stereocenters. The van der Waals surface area contributed by atoms with Gasteiger partial charge in [-0.05, 0) is 24.6 Å². The van der Waals surface area contributed by atoms with E-state index in [2.05, 4.69) is 10.3 Å². The molecular weight excluding hydrogens is 226 g/mol. The molecule has 0 aliphatic rings. The second-order valence-corrected chi connectivity index (χ2v) is 4.01. The highest BCUT2D eigenvalue weighted by molar-refractivity contribution is 5.95. The lowest BCUT2D eigenvalue weighted by molar-refractivity contribution is -0.117. The van der Waals surface area contributed by atoms with Gasteiger partial charge in [0.15, 0.2) is 0 Å². The van der Waals surface area contributed by atoms with Crippen molar-refractivity contribution in [3.63, 3.8) is 0 Å². The van der Waals surface area contributed by atoms with Gasteiger partial charge in [0.1, 0.15) is 6.04 Å². The number of amides is 1. The summed E-state index contributed by atoms with van der Waals surface area (Å²) < 4.78 is 0. The van der Waals surface area contributed by atoms with Crippen molar-refractivity contribution in [3.05, 3.63) is 59.9 Å². The first-order valence-electron chi connectivity index (χ1n) is 5.71. The van der Waals surface area contributed by atoms with Gasteiger partial charge in [-0.25, -0.2) is 0 Å². The zero-order chi connectivity index (χ0) is 13.0. The summed E-state index contributed by atoms with van der Waals surface area (Å²) in [5.74, 6) is -0.239. The maximum absolute atomic E-state index is 12.0. The molecule has 0 saturated carbocycles. The lowest BCUT2D eigenvalue weighted by Gasteiger charge is -2.13. The number of carbonyl (C=O) groups is 1. The molecule has 2 rings (SSSR count). The van der Waals surface area contributed by atoms with Crippen molar-refractivity contribution >= 4 is 11.6 Å². The number of aromatic nitrogens is 1. The number of nitrogens with zero attached hydrogens (tertiary/aromatic N) is 1. The van der Waals surface area contributed by atoms with Crippen molar-refractivity contribution < 1.29 is 4.79 Å². The minimum absolute atomic E-state index is 0.239. The number of nitrogens with one attached hydrogen (secondary N) is 1. The predicted octanol–water partition coefficient (Wildman–Crippen LogP) is 2.03. The summed E-state index contributed by atoms with van der Waals surface area (Å²) in [6.07, 6.45) is 1.68. The van der Waals surface area contributed by atoms with E-state index in [1.54, 1.807) is 18.3 Å². The van der Waals surface area contributed by atoms with Crippen molar-refractivity contribution in [1.82, 2.24) is 4.98 Å². The fourth-order valence-electron chi connectivity index (χ4n) is 1.64. The molecule has 0 spiro atoms. The topological polar surface area (TPSA) is 68.0 Å². The minimum Gasteiger partial charge on any atom is -0.323 e. The van der Waals surface area contributed by atoms with E-state index in [1.807, 2.05) is 37.3 Å². The van der Waals surface area contributed by atoms with Crippen LogP contribution in [0.25, 0.3) is 0 Å². The quantitative estimate of drug-likeness (QED) is 0.864. The zero-order valence-electron chi connectivity index (χ0n) is 10.1. The SMILES string of the molecule is Cc1ncccc1NC(=O)[C@@H](N)c1ccccc1.